The minimum atomic E-state index is 0.597. The van der Waals surface area contributed by atoms with Crippen LogP contribution in [0.25, 0.3) is 0 Å². The van der Waals surface area contributed by atoms with Crippen molar-refractivity contribution in [3.05, 3.63) is 18.2 Å². The quantitative estimate of drug-likeness (QED) is 0.789. The topological polar surface area (TPSA) is 43.8 Å². The van der Waals surface area contributed by atoms with Gasteiger partial charge in [-0.15, -0.1) is 0 Å². The van der Waals surface area contributed by atoms with E-state index in [9.17, 15) is 0 Å². The smallest absolute Gasteiger partial charge is 0.0948 e. The van der Waals surface area contributed by atoms with Gasteiger partial charge in [0.2, 0.25) is 0 Å². The highest BCUT2D eigenvalue weighted by molar-refractivity contribution is 7.99. The molecule has 1 aromatic rings. The number of imidazole rings is 1. The number of hydrogen-bond acceptors (Lipinski definition) is 3. The van der Waals surface area contributed by atoms with Crippen molar-refractivity contribution in [2.75, 3.05) is 11.5 Å². The first-order chi connectivity index (χ1) is 6.40. The molecule has 0 bridgehead atoms. The Morgan fingerprint density at radius 3 is 3.31 bits per heavy atom. The van der Waals surface area contributed by atoms with E-state index in [-0.39, 0.29) is 0 Å². The van der Waals surface area contributed by atoms with E-state index < -0.39 is 0 Å². The van der Waals surface area contributed by atoms with Gasteiger partial charge in [0.05, 0.1) is 12.0 Å². The van der Waals surface area contributed by atoms with Crippen LogP contribution in [0.4, 0.5) is 0 Å². The minimum absolute atomic E-state index is 0.597. The Kier molecular flexibility index (Phi) is 2.90. The van der Waals surface area contributed by atoms with Crippen molar-refractivity contribution in [2.24, 2.45) is 11.7 Å². The van der Waals surface area contributed by atoms with Crippen molar-refractivity contribution in [2.45, 2.75) is 19.5 Å². The van der Waals surface area contributed by atoms with E-state index in [1.165, 1.54) is 17.9 Å². The first-order valence-corrected chi connectivity index (χ1v) is 5.82. The third kappa shape index (κ3) is 2.06. The van der Waals surface area contributed by atoms with Crippen LogP contribution in [-0.2, 0) is 13.1 Å². The molecule has 0 spiro atoms. The molecule has 13 heavy (non-hydrogen) atoms. The highest BCUT2D eigenvalue weighted by Crippen LogP contribution is 2.24. The lowest BCUT2D eigenvalue weighted by Gasteiger charge is -2.11. The van der Waals surface area contributed by atoms with Gasteiger partial charge in [-0.25, -0.2) is 4.98 Å². The summed E-state index contributed by atoms with van der Waals surface area (Å²) in [7, 11) is 0. The van der Waals surface area contributed by atoms with Crippen LogP contribution in [0.15, 0.2) is 12.5 Å². The monoisotopic (exact) mass is 197 g/mol. The Hall–Kier alpha value is -0.480. The molecule has 0 saturated carbocycles. The van der Waals surface area contributed by atoms with Gasteiger partial charge in [0.25, 0.3) is 0 Å². The Bertz CT molecular complexity index is 266. The molecular formula is C9H15N3S. The van der Waals surface area contributed by atoms with Crippen LogP contribution < -0.4 is 5.73 Å². The zero-order valence-corrected chi connectivity index (χ0v) is 8.46. The average Bonchev–Trinajstić information content (AvgIpc) is 2.76. The Balaban J connectivity index is 1.99. The highest BCUT2D eigenvalue weighted by atomic mass is 32.2. The molecular weight excluding hydrogens is 182 g/mol. The van der Waals surface area contributed by atoms with Crippen LogP contribution in [0.5, 0.6) is 0 Å². The van der Waals surface area contributed by atoms with Gasteiger partial charge >= 0.3 is 0 Å². The Morgan fingerprint density at radius 2 is 2.62 bits per heavy atom. The molecule has 1 fully saturated rings. The lowest BCUT2D eigenvalue weighted by molar-refractivity contribution is 0.482. The molecule has 0 aromatic carbocycles. The van der Waals surface area contributed by atoms with Crippen molar-refractivity contribution in [1.29, 1.82) is 0 Å². The molecule has 3 nitrogen and oxygen atoms in total. The van der Waals surface area contributed by atoms with Gasteiger partial charge in [-0.05, 0) is 23.8 Å². The minimum Gasteiger partial charge on any atom is -0.333 e. The van der Waals surface area contributed by atoms with Crippen LogP contribution in [-0.4, -0.2) is 21.1 Å². The van der Waals surface area contributed by atoms with Gasteiger partial charge in [0.15, 0.2) is 0 Å². The predicted molar refractivity (Wildman–Crippen MR) is 55.6 cm³/mol. The second kappa shape index (κ2) is 4.15. The van der Waals surface area contributed by atoms with E-state index in [0.29, 0.717) is 6.54 Å². The number of thioether (sulfide) groups is 1. The number of nitrogens with two attached hydrogens (primary N) is 1. The summed E-state index contributed by atoms with van der Waals surface area (Å²) in [5, 5.41) is 0. The van der Waals surface area contributed by atoms with Crippen molar-refractivity contribution in [1.82, 2.24) is 9.55 Å². The number of aromatic nitrogens is 2. The molecule has 0 radical (unpaired) electrons. The average molecular weight is 197 g/mol. The molecule has 0 amide bonds. The maximum Gasteiger partial charge on any atom is 0.0948 e. The molecule has 1 saturated heterocycles. The molecule has 2 rings (SSSR count). The standard InChI is InChI=1S/C9H15N3S/c10-3-9-4-11-7-12(9)5-8-1-2-13-6-8/h4,7-8H,1-3,5-6,10H2. The van der Waals surface area contributed by atoms with Gasteiger partial charge < -0.3 is 10.3 Å². The van der Waals surface area contributed by atoms with Gasteiger partial charge in [0.1, 0.15) is 0 Å². The SMILES string of the molecule is NCc1cncn1CC1CCSC1. The maximum absolute atomic E-state index is 5.60. The van der Waals surface area contributed by atoms with E-state index in [2.05, 4.69) is 21.3 Å². The summed E-state index contributed by atoms with van der Waals surface area (Å²) in [5.74, 6) is 3.43. The second-order valence-corrected chi connectivity index (χ2v) is 4.62. The normalized spacial score (nSPS) is 22.4. The lowest BCUT2D eigenvalue weighted by atomic mass is 10.1. The first-order valence-electron chi connectivity index (χ1n) is 4.67. The molecule has 2 heterocycles. The van der Waals surface area contributed by atoms with Crippen LogP contribution in [0.1, 0.15) is 12.1 Å². The van der Waals surface area contributed by atoms with Crippen LogP contribution in [0.2, 0.25) is 0 Å². The largest absolute Gasteiger partial charge is 0.333 e. The molecule has 72 valence electrons. The third-order valence-electron chi connectivity index (χ3n) is 2.49. The van der Waals surface area contributed by atoms with Crippen LogP contribution in [0, 0.1) is 5.92 Å². The summed E-state index contributed by atoms with van der Waals surface area (Å²) in [6, 6.07) is 0. The summed E-state index contributed by atoms with van der Waals surface area (Å²) < 4.78 is 2.19. The predicted octanol–water partition coefficient (Wildman–Crippen LogP) is 1.09. The van der Waals surface area contributed by atoms with Gasteiger partial charge in [-0.2, -0.15) is 11.8 Å². The summed E-state index contributed by atoms with van der Waals surface area (Å²) >= 11 is 2.05. The molecule has 1 atom stereocenters. The fourth-order valence-electron chi connectivity index (χ4n) is 1.69. The van der Waals surface area contributed by atoms with Crippen LogP contribution in [0.3, 0.4) is 0 Å². The summed E-state index contributed by atoms with van der Waals surface area (Å²) in [6.45, 7) is 1.69. The maximum atomic E-state index is 5.60. The number of hydrogen-bond donors (Lipinski definition) is 1. The molecule has 2 N–H and O–H groups in total. The molecule has 1 aromatic heterocycles. The number of rotatable bonds is 3. The molecule has 4 heteroatoms. The van der Waals surface area contributed by atoms with Crippen LogP contribution >= 0.6 is 11.8 Å². The van der Waals surface area contributed by atoms with Gasteiger partial charge in [0, 0.05) is 19.3 Å². The third-order valence-corrected chi connectivity index (χ3v) is 3.72. The highest BCUT2D eigenvalue weighted by Gasteiger charge is 2.16. The molecule has 1 aliphatic rings. The van der Waals surface area contributed by atoms with E-state index >= 15 is 0 Å². The zero-order valence-electron chi connectivity index (χ0n) is 7.65. The van der Waals surface area contributed by atoms with Gasteiger partial charge in [-0.3, -0.25) is 0 Å². The fraction of sp³-hybridized carbons (Fsp3) is 0.667. The molecule has 1 unspecified atom stereocenters. The number of nitrogens with zero attached hydrogens (tertiary/aromatic N) is 2. The Labute approximate surface area is 82.7 Å². The summed E-state index contributed by atoms with van der Waals surface area (Å²) in [5.41, 5.74) is 6.75. The van der Waals surface area contributed by atoms with Crippen molar-refractivity contribution >= 4 is 11.8 Å². The summed E-state index contributed by atoms with van der Waals surface area (Å²) in [6.07, 6.45) is 5.10. The van der Waals surface area contributed by atoms with Crippen molar-refractivity contribution < 1.29 is 0 Å². The Morgan fingerprint density at radius 1 is 1.69 bits per heavy atom. The molecule has 1 aliphatic heterocycles. The first kappa shape index (κ1) is 9.09. The second-order valence-electron chi connectivity index (χ2n) is 3.47. The fourth-order valence-corrected chi connectivity index (χ4v) is 2.96. The van der Waals surface area contributed by atoms with E-state index in [4.69, 9.17) is 5.73 Å². The van der Waals surface area contributed by atoms with Crippen molar-refractivity contribution in [3.8, 4) is 0 Å². The zero-order chi connectivity index (χ0) is 9.10. The van der Waals surface area contributed by atoms with E-state index in [1.807, 2.05) is 12.5 Å². The molecule has 0 aliphatic carbocycles. The summed E-state index contributed by atoms with van der Waals surface area (Å²) in [4.78, 5) is 4.11. The van der Waals surface area contributed by atoms with E-state index in [1.54, 1.807) is 0 Å². The van der Waals surface area contributed by atoms with Crippen molar-refractivity contribution in [3.63, 3.8) is 0 Å². The van der Waals surface area contributed by atoms with E-state index in [0.717, 1.165) is 18.2 Å². The lowest BCUT2D eigenvalue weighted by Crippen LogP contribution is -2.13. The van der Waals surface area contributed by atoms with Gasteiger partial charge in [-0.1, -0.05) is 0 Å².